The lowest BCUT2D eigenvalue weighted by Gasteiger charge is -2.26. The Hall–Kier alpha value is -1.85. The molecular formula is C16H21N3O2. The molecule has 0 bridgehead atoms. The van der Waals surface area contributed by atoms with Gasteiger partial charge in [0.05, 0.1) is 13.2 Å². The molecule has 1 fully saturated rings. The molecule has 2 heterocycles. The molecule has 1 saturated heterocycles. The van der Waals surface area contributed by atoms with Gasteiger partial charge >= 0.3 is 0 Å². The summed E-state index contributed by atoms with van der Waals surface area (Å²) in [6.45, 7) is 4.25. The van der Waals surface area contributed by atoms with E-state index in [0.717, 1.165) is 25.2 Å². The number of para-hydroxylation sites is 1. The second-order valence-electron chi connectivity index (χ2n) is 5.28. The fourth-order valence-corrected chi connectivity index (χ4v) is 2.67. The number of rotatable bonds is 5. The van der Waals surface area contributed by atoms with Crippen LogP contribution < -0.4 is 5.32 Å². The third kappa shape index (κ3) is 3.43. The summed E-state index contributed by atoms with van der Waals surface area (Å²) in [5, 5.41) is 4.59. The van der Waals surface area contributed by atoms with Crippen molar-refractivity contribution in [3.8, 4) is 0 Å². The molecule has 0 atom stereocenters. The zero-order valence-corrected chi connectivity index (χ0v) is 12.1. The molecule has 5 nitrogen and oxygen atoms in total. The van der Waals surface area contributed by atoms with Gasteiger partial charge in [-0.3, -0.25) is 4.79 Å². The summed E-state index contributed by atoms with van der Waals surface area (Å²) in [5.74, 6) is 0.213. The van der Waals surface area contributed by atoms with Crippen molar-refractivity contribution in [2.45, 2.75) is 13.0 Å². The van der Waals surface area contributed by atoms with E-state index in [9.17, 15) is 4.79 Å². The van der Waals surface area contributed by atoms with E-state index in [1.165, 1.54) is 10.9 Å². The Morgan fingerprint density at radius 2 is 2.10 bits per heavy atom. The minimum absolute atomic E-state index is 0.213. The van der Waals surface area contributed by atoms with E-state index >= 15 is 0 Å². The van der Waals surface area contributed by atoms with Gasteiger partial charge in [-0.2, -0.15) is 0 Å². The number of carbonyl (C=O) groups is 1. The summed E-state index contributed by atoms with van der Waals surface area (Å²) in [5.41, 5.74) is 2.39. The van der Waals surface area contributed by atoms with Gasteiger partial charge in [-0.05, 0) is 11.6 Å². The number of amides is 1. The maximum absolute atomic E-state index is 12.0. The van der Waals surface area contributed by atoms with Crippen molar-refractivity contribution in [1.82, 2.24) is 15.2 Å². The van der Waals surface area contributed by atoms with Crippen molar-refractivity contribution in [2.24, 2.45) is 0 Å². The van der Waals surface area contributed by atoms with Crippen LogP contribution in [0.25, 0.3) is 10.9 Å². The van der Waals surface area contributed by atoms with E-state index in [0.29, 0.717) is 26.2 Å². The number of nitrogens with one attached hydrogen (secondary N) is 2. The summed E-state index contributed by atoms with van der Waals surface area (Å²) in [7, 11) is 0. The molecule has 1 aromatic heterocycles. The van der Waals surface area contributed by atoms with Gasteiger partial charge in [0.15, 0.2) is 0 Å². The monoisotopic (exact) mass is 287 g/mol. The van der Waals surface area contributed by atoms with Crippen LogP contribution in [0, 0.1) is 0 Å². The summed E-state index contributed by atoms with van der Waals surface area (Å²) in [4.78, 5) is 17.1. The number of hydrogen-bond donors (Lipinski definition) is 2. The van der Waals surface area contributed by atoms with Crippen LogP contribution in [0.5, 0.6) is 0 Å². The molecule has 21 heavy (non-hydrogen) atoms. The fraction of sp³-hybridized carbons (Fsp3) is 0.438. The Morgan fingerprint density at radius 3 is 2.95 bits per heavy atom. The molecule has 112 valence electrons. The van der Waals surface area contributed by atoms with E-state index in [1.807, 2.05) is 23.2 Å². The van der Waals surface area contributed by atoms with Crippen LogP contribution in [0.3, 0.4) is 0 Å². The van der Waals surface area contributed by atoms with Gasteiger partial charge in [0.25, 0.3) is 0 Å². The van der Waals surface area contributed by atoms with Crippen LogP contribution in [-0.4, -0.2) is 48.6 Å². The van der Waals surface area contributed by atoms with Crippen LogP contribution in [0.4, 0.5) is 0 Å². The van der Waals surface area contributed by atoms with Crippen LogP contribution in [0.2, 0.25) is 0 Å². The molecule has 0 aliphatic carbocycles. The van der Waals surface area contributed by atoms with Crippen LogP contribution in [-0.2, 0) is 16.1 Å². The zero-order chi connectivity index (χ0) is 14.5. The lowest BCUT2D eigenvalue weighted by molar-refractivity contribution is -0.135. The van der Waals surface area contributed by atoms with Crippen molar-refractivity contribution in [2.75, 3.05) is 32.8 Å². The molecule has 0 unspecified atom stereocenters. The third-order valence-electron chi connectivity index (χ3n) is 3.87. The molecule has 5 heteroatoms. The Morgan fingerprint density at radius 1 is 1.29 bits per heavy atom. The van der Waals surface area contributed by atoms with Gasteiger partial charge in [-0.15, -0.1) is 0 Å². The third-order valence-corrected chi connectivity index (χ3v) is 3.87. The Bertz CT molecular complexity index is 602. The highest BCUT2D eigenvalue weighted by atomic mass is 16.5. The first-order chi connectivity index (χ1) is 10.3. The lowest BCUT2D eigenvalue weighted by atomic mass is 10.2. The number of H-pyrrole nitrogens is 1. The first-order valence-corrected chi connectivity index (χ1v) is 7.46. The largest absolute Gasteiger partial charge is 0.378 e. The second-order valence-corrected chi connectivity index (χ2v) is 5.28. The Kier molecular flexibility index (Phi) is 4.52. The zero-order valence-electron chi connectivity index (χ0n) is 12.1. The number of aromatic nitrogens is 1. The first kappa shape index (κ1) is 14.1. The molecule has 0 radical (unpaired) electrons. The van der Waals surface area contributed by atoms with Crippen LogP contribution >= 0.6 is 0 Å². The van der Waals surface area contributed by atoms with E-state index < -0.39 is 0 Å². The predicted octanol–water partition coefficient (Wildman–Crippen LogP) is 1.51. The molecule has 1 aliphatic heterocycles. The minimum atomic E-state index is 0.213. The van der Waals surface area contributed by atoms with Gasteiger partial charge in [-0.25, -0.2) is 0 Å². The van der Waals surface area contributed by atoms with E-state index in [2.05, 4.69) is 22.4 Å². The lowest BCUT2D eigenvalue weighted by Crippen LogP contribution is -2.41. The fourth-order valence-electron chi connectivity index (χ4n) is 2.67. The molecule has 2 aromatic rings. The number of ether oxygens (including phenoxy) is 1. The van der Waals surface area contributed by atoms with Crippen molar-refractivity contribution in [3.05, 3.63) is 36.0 Å². The van der Waals surface area contributed by atoms with Crippen LogP contribution in [0.1, 0.15) is 12.0 Å². The van der Waals surface area contributed by atoms with Gasteiger partial charge < -0.3 is 19.9 Å². The number of carbonyl (C=O) groups excluding carboxylic acids is 1. The highest BCUT2D eigenvalue weighted by Crippen LogP contribution is 2.17. The smallest absolute Gasteiger partial charge is 0.224 e. The highest BCUT2D eigenvalue weighted by Gasteiger charge is 2.15. The number of aromatic amines is 1. The molecule has 0 spiro atoms. The van der Waals surface area contributed by atoms with Crippen molar-refractivity contribution in [1.29, 1.82) is 0 Å². The normalized spacial score (nSPS) is 15.5. The number of hydrogen-bond acceptors (Lipinski definition) is 3. The summed E-state index contributed by atoms with van der Waals surface area (Å²) >= 11 is 0. The number of benzene rings is 1. The Balaban J connectivity index is 1.44. The van der Waals surface area contributed by atoms with Gasteiger partial charge in [0, 0.05) is 49.7 Å². The molecule has 1 amide bonds. The molecule has 1 aromatic carbocycles. The standard InChI is InChI=1S/C16H21N3O2/c20-16(19-7-9-21-10-8-19)5-6-17-11-13-12-18-15-4-2-1-3-14(13)15/h1-4,12,17-18H,5-11H2. The minimum Gasteiger partial charge on any atom is -0.378 e. The van der Waals surface area contributed by atoms with Gasteiger partial charge in [0.2, 0.25) is 5.91 Å². The van der Waals surface area contributed by atoms with Crippen molar-refractivity contribution in [3.63, 3.8) is 0 Å². The summed E-state index contributed by atoms with van der Waals surface area (Å²) < 4.78 is 5.25. The average molecular weight is 287 g/mol. The first-order valence-electron chi connectivity index (χ1n) is 7.46. The molecule has 3 rings (SSSR count). The maximum Gasteiger partial charge on any atom is 0.224 e. The SMILES string of the molecule is O=C(CCNCc1c[nH]c2ccccc12)N1CCOCC1. The summed E-state index contributed by atoms with van der Waals surface area (Å²) in [6, 6.07) is 8.25. The van der Waals surface area contributed by atoms with E-state index in [1.54, 1.807) is 0 Å². The Labute approximate surface area is 124 Å². The average Bonchev–Trinajstić information content (AvgIpc) is 2.95. The number of nitrogens with zero attached hydrogens (tertiary/aromatic N) is 1. The van der Waals surface area contributed by atoms with Gasteiger partial charge in [0.1, 0.15) is 0 Å². The predicted molar refractivity (Wildman–Crippen MR) is 82.0 cm³/mol. The highest BCUT2D eigenvalue weighted by molar-refractivity contribution is 5.83. The summed E-state index contributed by atoms with van der Waals surface area (Å²) in [6.07, 6.45) is 2.57. The quantitative estimate of drug-likeness (QED) is 0.820. The molecule has 0 saturated carbocycles. The number of morpholine rings is 1. The van der Waals surface area contributed by atoms with E-state index in [-0.39, 0.29) is 5.91 Å². The topological polar surface area (TPSA) is 57.4 Å². The van der Waals surface area contributed by atoms with Crippen molar-refractivity contribution >= 4 is 16.8 Å². The second kappa shape index (κ2) is 6.74. The van der Waals surface area contributed by atoms with Crippen molar-refractivity contribution < 1.29 is 9.53 Å². The van der Waals surface area contributed by atoms with E-state index in [4.69, 9.17) is 4.74 Å². The molecular weight excluding hydrogens is 266 g/mol. The maximum atomic E-state index is 12.0. The van der Waals surface area contributed by atoms with Crippen LogP contribution in [0.15, 0.2) is 30.5 Å². The molecule has 1 aliphatic rings. The number of fused-ring (bicyclic) bond motifs is 1. The molecule has 2 N–H and O–H groups in total. The van der Waals surface area contributed by atoms with Gasteiger partial charge in [-0.1, -0.05) is 18.2 Å².